The molecule has 0 spiro atoms. The second-order valence-electron chi connectivity index (χ2n) is 2.43. The second-order valence-corrected chi connectivity index (χ2v) is 2.43. The summed E-state index contributed by atoms with van der Waals surface area (Å²) in [4.78, 5) is 0. The Labute approximate surface area is 78.2 Å². The fourth-order valence-electron chi connectivity index (χ4n) is 0.875. The molecule has 3 nitrogen and oxygen atoms in total. The Hall–Kier alpha value is -1.22. The molecule has 0 bridgehead atoms. The van der Waals surface area contributed by atoms with Crippen LogP contribution in [0.5, 0.6) is 11.5 Å². The smallest absolute Gasteiger partial charge is 0.130 e. The summed E-state index contributed by atoms with van der Waals surface area (Å²) in [6, 6.07) is 8.30. The molecule has 71 valence electrons. The lowest BCUT2D eigenvalue weighted by molar-refractivity contribution is 0.146. The third kappa shape index (κ3) is 3.34. The first-order chi connectivity index (χ1) is 6.36. The third-order valence-electron chi connectivity index (χ3n) is 1.52. The van der Waals surface area contributed by atoms with Crippen LogP contribution in [-0.4, -0.2) is 27.4 Å². The van der Waals surface area contributed by atoms with Gasteiger partial charge in [0, 0.05) is 19.2 Å². The Morgan fingerprint density at radius 3 is 2.85 bits per heavy atom. The Bertz CT molecular complexity index is 248. The van der Waals surface area contributed by atoms with E-state index in [9.17, 15) is 0 Å². The van der Waals surface area contributed by atoms with Gasteiger partial charge in [0.25, 0.3) is 0 Å². The molecule has 0 saturated heterocycles. The number of benzene rings is 1. The van der Waals surface area contributed by atoms with E-state index in [1.807, 2.05) is 6.07 Å². The van der Waals surface area contributed by atoms with Gasteiger partial charge in [0.15, 0.2) is 0 Å². The lowest BCUT2D eigenvalue weighted by Gasteiger charge is -2.06. The molecule has 0 unspecified atom stereocenters. The predicted octanol–water partition coefficient (Wildman–Crippen LogP) is 1.52. The van der Waals surface area contributed by atoms with Gasteiger partial charge in [0.2, 0.25) is 0 Å². The highest BCUT2D eigenvalue weighted by molar-refractivity contribution is 5.31. The van der Waals surface area contributed by atoms with Crippen LogP contribution >= 0.6 is 0 Å². The van der Waals surface area contributed by atoms with Crippen LogP contribution in [0.15, 0.2) is 18.2 Å². The van der Waals surface area contributed by atoms with E-state index in [1.165, 1.54) is 0 Å². The highest BCUT2D eigenvalue weighted by atomic mass is 16.5. The second kappa shape index (κ2) is 5.43. The maximum Gasteiger partial charge on any atom is 0.130 e. The van der Waals surface area contributed by atoms with Crippen molar-refractivity contribution in [2.75, 3.05) is 27.4 Å². The normalized spacial score (nSPS) is 9.69. The molecule has 13 heavy (non-hydrogen) atoms. The molecule has 0 N–H and O–H groups in total. The molecule has 0 fully saturated rings. The molecular formula is C10H13O3. The highest BCUT2D eigenvalue weighted by Gasteiger charge is 1.95. The third-order valence-corrected chi connectivity index (χ3v) is 1.52. The Kier molecular flexibility index (Phi) is 4.12. The zero-order chi connectivity index (χ0) is 9.52. The molecule has 0 heterocycles. The van der Waals surface area contributed by atoms with E-state index in [-0.39, 0.29) is 0 Å². The Morgan fingerprint density at radius 2 is 2.15 bits per heavy atom. The van der Waals surface area contributed by atoms with Gasteiger partial charge < -0.3 is 14.2 Å². The van der Waals surface area contributed by atoms with Gasteiger partial charge in [-0.15, -0.1) is 0 Å². The number of rotatable bonds is 5. The van der Waals surface area contributed by atoms with Crippen LogP contribution in [0.4, 0.5) is 0 Å². The largest absolute Gasteiger partial charge is 0.496 e. The van der Waals surface area contributed by atoms with Gasteiger partial charge in [0.1, 0.15) is 18.1 Å². The van der Waals surface area contributed by atoms with Gasteiger partial charge in [-0.05, 0) is 12.1 Å². The molecule has 0 amide bonds. The number of hydrogen-bond acceptors (Lipinski definition) is 3. The summed E-state index contributed by atoms with van der Waals surface area (Å²) in [5.41, 5.74) is 0. The quantitative estimate of drug-likeness (QED) is 0.644. The molecule has 0 atom stereocenters. The molecule has 3 heteroatoms. The van der Waals surface area contributed by atoms with Crippen LogP contribution in [0, 0.1) is 6.07 Å². The van der Waals surface area contributed by atoms with Crippen LogP contribution in [0.25, 0.3) is 0 Å². The van der Waals surface area contributed by atoms with Crippen molar-refractivity contribution < 1.29 is 14.2 Å². The minimum Gasteiger partial charge on any atom is -0.496 e. The highest BCUT2D eigenvalue weighted by Crippen LogP contribution is 2.17. The SMILES string of the molecule is COCCOc1cc[c]c(OC)c1. The molecule has 1 radical (unpaired) electrons. The van der Waals surface area contributed by atoms with Crippen LogP contribution in [0.2, 0.25) is 0 Å². The first-order valence-electron chi connectivity index (χ1n) is 4.04. The van der Waals surface area contributed by atoms with Crippen molar-refractivity contribution in [2.45, 2.75) is 0 Å². The summed E-state index contributed by atoms with van der Waals surface area (Å²) in [6.45, 7) is 1.13. The van der Waals surface area contributed by atoms with Crippen LogP contribution < -0.4 is 9.47 Å². The van der Waals surface area contributed by atoms with Crippen LogP contribution in [-0.2, 0) is 4.74 Å². The van der Waals surface area contributed by atoms with Crippen molar-refractivity contribution in [2.24, 2.45) is 0 Å². The minimum atomic E-state index is 0.545. The summed E-state index contributed by atoms with van der Waals surface area (Å²) in [7, 11) is 3.24. The topological polar surface area (TPSA) is 27.7 Å². The summed E-state index contributed by atoms with van der Waals surface area (Å²) in [5, 5.41) is 0. The van der Waals surface area contributed by atoms with E-state index in [0.717, 1.165) is 5.75 Å². The predicted molar refractivity (Wildman–Crippen MR) is 49.2 cm³/mol. The van der Waals surface area contributed by atoms with Crippen molar-refractivity contribution in [1.82, 2.24) is 0 Å². The van der Waals surface area contributed by atoms with Crippen LogP contribution in [0.1, 0.15) is 0 Å². The molecule has 0 aliphatic rings. The van der Waals surface area contributed by atoms with E-state index in [0.29, 0.717) is 19.0 Å². The van der Waals surface area contributed by atoms with E-state index < -0.39 is 0 Å². The summed E-state index contributed by atoms with van der Waals surface area (Å²) in [6.07, 6.45) is 0. The first-order valence-corrected chi connectivity index (χ1v) is 4.04. The van der Waals surface area contributed by atoms with E-state index in [4.69, 9.17) is 14.2 Å². The van der Waals surface area contributed by atoms with Gasteiger partial charge in [-0.2, -0.15) is 0 Å². The van der Waals surface area contributed by atoms with E-state index >= 15 is 0 Å². The van der Waals surface area contributed by atoms with Crippen molar-refractivity contribution in [3.63, 3.8) is 0 Å². The lowest BCUT2D eigenvalue weighted by Crippen LogP contribution is -2.04. The van der Waals surface area contributed by atoms with Crippen LogP contribution in [0.3, 0.4) is 0 Å². The molecule has 1 aromatic carbocycles. The maximum absolute atomic E-state index is 5.36. The van der Waals surface area contributed by atoms with Gasteiger partial charge in [-0.1, -0.05) is 0 Å². The first kappa shape index (κ1) is 9.86. The fraction of sp³-hybridized carbons (Fsp3) is 0.400. The average molecular weight is 181 g/mol. The summed E-state index contributed by atoms with van der Waals surface area (Å²) in [5.74, 6) is 1.45. The molecule has 0 saturated carbocycles. The van der Waals surface area contributed by atoms with E-state index in [1.54, 1.807) is 26.4 Å². The van der Waals surface area contributed by atoms with E-state index in [2.05, 4.69) is 6.07 Å². The van der Waals surface area contributed by atoms with Gasteiger partial charge in [-0.25, -0.2) is 0 Å². The lowest BCUT2D eigenvalue weighted by atomic mass is 10.3. The molecule has 0 aliphatic heterocycles. The van der Waals surface area contributed by atoms with Crippen molar-refractivity contribution in [3.8, 4) is 11.5 Å². The monoisotopic (exact) mass is 181 g/mol. The Balaban J connectivity index is 2.46. The number of ether oxygens (including phenoxy) is 3. The van der Waals surface area contributed by atoms with Crippen molar-refractivity contribution in [1.29, 1.82) is 0 Å². The molecule has 1 rings (SSSR count). The summed E-state index contributed by atoms with van der Waals surface area (Å²) < 4.78 is 15.2. The molecule has 1 aromatic rings. The maximum atomic E-state index is 5.36. The van der Waals surface area contributed by atoms with Gasteiger partial charge in [-0.3, -0.25) is 0 Å². The van der Waals surface area contributed by atoms with Gasteiger partial charge >= 0.3 is 0 Å². The standard InChI is InChI=1S/C10H13O3/c1-11-6-7-13-10-5-3-4-9(8-10)12-2/h3,5,8H,6-7H2,1-2H3. The zero-order valence-corrected chi connectivity index (χ0v) is 7.87. The van der Waals surface area contributed by atoms with Crippen molar-refractivity contribution in [3.05, 3.63) is 24.3 Å². The molecule has 0 aliphatic carbocycles. The zero-order valence-electron chi connectivity index (χ0n) is 7.87. The number of hydrogen-bond donors (Lipinski definition) is 0. The fourth-order valence-corrected chi connectivity index (χ4v) is 0.875. The molecular weight excluding hydrogens is 168 g/mol. The summed E-state index contributed by atoms with van der Waals surface area (Å²) >= 11 is 0. The average Bonchev–Trinajstić information content (AvgIpc) is 2.19. The molecule has 0 aromatic heterocycles. The number of methoxy groups -OCH3 is 2. The Morgan fingerprint density at radius 1 is 1.31 bits per heavy atom. The minimum absolute atomic E-state index is 0.545. The van der Waals surface area contributed by atoms with Gasteiger partial charge in [0.05, 0.1) is 13.7 Å². The van der Waals surface area contributed by atoms with Crippen molar-refractivity contribution >= 4 is 0 Å².